The molecule has 0 spiro atoms. The summed E-state index contributed by atoms with van der Waals surface area (Å²) < 4.78 is 4.23. The lowest BCUT2D eigenvalue weighted by Crippen LogP contribution is -2.36. The molecule has 0 fully saturated rings. The van der Waals surface area contributed by atoms with Crippen LogP contribution in [-0.2, 0) is 6.54 Å². The molecule has 4 rings (SSSR count). The number of nitrogens with zero attached hydrogens (tertiary/aromatic N) is 4. The first-order valence-corrected chi connectivity index (χ1v) is 6.68. The second-order valence-electron chi connectivity index (χ2n) is 5.27. The lowest BCUT2D eigenvalue weighted by Gasteiger charge is -2.02. The number of hydrogen-bond acceptors (Lipinski definition) is 1. The molecule has 0 amide bonds. The van der Waals surface area contributed by atoms with E-state index in [1.54, 1.807) is 6.07 Å². The Labute approximate surface area is 121 Å². The van der Waals surface area contributed by atoms with Gasteiger partial charge in [-0.2, -0.15) is 5.26 Å². The molecule has 0 saturated heterocycles. The second-order valence-corrected chi connectivity index (χ2v) is 5.27. The second kappa shape index (κ2) is 3.94. The Balaban J connectivity index is 2.16. The standard InChI is InChI=1S/C17H11N4/c1-11-4-3-5-12-9-20-10-15-13(8-18)6-14(19-2)7-16(15)21(20)17(11)12/h3-7,10H,9H2,1H3/q+1. The van der Waals surface area contributed by atoms with Gasteiger partial charge in [0.15, 0.2) is 12.2 Å². The Morgan fingerprint density at radius 3 is 3.00 bits per heavy atom. The third-order valence-electron chi connectivity index (χ3n) is 4.02. The normalized spacial score (nSPS) is 11.8. The van der Waals surface area contributed by atoms with E-state index in [2.05, 4.69) is 45.4 Å². The van der Waals surface area contributed by atoms with Crippen molar-refractivity contribution in [1.82, 2.24) is 4.68 Å². The Hall–Kier alpha value is -3.11. The van der Waals surface area contributed by atoms with Crippen molar-refractivity contribution in [2.24, 2.45) is 0 Å². The molecule has 0 aliphatic carbocycles. The van der Waals surface area contributed by atoms with E-state index in [1.807, 2.05) is 12.3 Å². The predicted molar refractivity (Wildman–Crippen MR) is 78.3 cm³/mol. The van der Waals surface area contributed by atoms with Crippen LogP contribution in [0.25, 0.3) is 21.4 Å². The lowest BCUT2D eigenvalue weighted by atomic mass is 10.1. The topological polar surface area (TPSA) is 37.0 Å². The van der Waals surface area contributed by atoms with Crippen LogP contribution in [0, 0.1) is 24.8 Å². The molecule has 4 nitrogen and oxygen atoms in total. The summed E-state index contributed by atoms with van der Waals surface area (Å²) >= 11 is 0. The minimum absolute atomic E-state index is 0.502. The highest BCUT2D eigenvalue weighted by molar-refractivity contribution is 5.89. The molecule has 0 N–H and O–H groups in total. The van der Waals surface area contributed by atoms with E-state index >= 15 is 0 Å². The van der Waals surface area contributed by atoms with Gasteiger partial charge in [0.1, 0.15) is 11.2 Å². The molecule has 0 atom stereocenters. The number of aryl methyl sites for hydroxylation is 1. The number of hydrogen-bond donors (Lipinski definition) is 0. The summed E-state index contributed by atoms with van der Waals surface area (Å²) in [6.45, 7) is 10.1. The highest BCUT2D eigenvalue weighted by atomic mass is 15.4. The summed E-state index contributed by atoms with van der Waals surface area (Å²) in [4.78, 5) is 3.49. The average molecular weight is 271 g/mol. The Bertz CT molecular complexity index is 996. The maximum absolute atomic E-state index is 9.32. The fourth-order valence-electron chi connectivity index (χ4n) is 3.13. The molecular weight excluding hydrogens is 260 g/mol. The molecule has 3 aromatic rings. The van der Waals surface area contributed by atoms with Crippen LogP contribution < -0.4 is 4.68 Å². The van der Waals surface area contributed by atoms with Crippen LogP contribution in [0.2, 0.25) is 0 Å². The van der Waals surface area contributed by atoms with Crippen LogP contribution in [0.5, 0.6) is 0 Å². The van der Waals surface area contributed by atoms with Gasteiger partial charge in [0.05, 0.1) is 23.6 Å². The third kappa shape index (κ3) is 1.45. The first kappa shape index (κ1) is 11.7. The molecule has 0 bridgehead atoms. The Morgan fingerprint density at radius 1 is 1.38 bits per heavy atom. The predicted octanol–water partition coefficient (Wildman–Crippen LogP) is 3.01. The van der Waals surface area contributed by atoms with Crippen molar-refractivity contribution >= 4 is 16.6 Å². The monoisotopic (exact) mass is 271 g/mol. The van der Waals surface area contributed by atoms with Crippen LogP contribution in [0.3, 0.4) is 0 Å². The minimum atomic E-state index is 0.502. The van der Waals surface area contributed by atoms with Crippen molar-refractivity contribution in [3.8, 4) is 11.8 Å². The molecule has 1 aromatic heterocycles. The van der Waals surface area contributed by atoms with E-state index in [9.17, 15) is 5.26 Å². The summed E-state index contributed by atoms with van der Waals surface area (Å²) in [6.07, 6.45) is 2.00. The van der Waals surface area contributed by atoms with Crippen molar-refractivity contribution in [1.29, 1.82) is 5.26 Å². The molecule has 2 aromatic carbocycles. The summed E-state index contributed by atoms with van der Waals surface area (Å²) in [6, 6.07) is 12.0. The largest absolute Gasteiger partial charge is 0.238 e. The van der Waals surface area contributed by atoms with Crippen LogP contribution in [0.15, 0.2) is 36.5 Å². The summed E-state index contributed by atoms with van der Waals surface area (Å²) in [7, 11) is 0. The molecule has 0 radical (unpaired) electrons. The number of benzene rings is 2. The summed E-state index contributed by atoms with van der Waals surface area (Å²) in [5, 5.41) is 10.2. The van der Waals surface area contributed by atoms with Gasteiger partial charge in [0, 0.05) is 5.56 Å². The van der Waals surface area contributed by atoms with E-state index in [0.29, 0.717) is 11.3 Å². The fraction of sp³-hybridized carbons (Fsp3) is 0.118. The first-order valence-electron chi connectivity index (χ1n) is 6.68. The van der Waals surface area contributed by atoms with Crippen molar-refractivity contribution in [2.75, 3.05) is 0 Å². The minimum Gasteiger partial charge on any atom is -0.238 e. The average Bonchev–Trinajstić information content (AvgIpc) is 3.02. The van der Waals surface area contributed by atoms with Gasteiger partial charge < -0.3 is 0 Å². The first-order chi connectivity index (χ1) is 10.2. The molecule has 1 aliphatic heterocycles. The lowest BCUT2D eigenvalue weighted by molar-refractivity contribution is -0.749. The van der Waals surface area contributed by atoms with Crippen LogP contribution >= 0.6 is 0 Å². The van der Waals surface area contributed by atoms with E-state index in [-0.39, 0.29) is 0 Å². The number of aromatic nitrogens is 2. The van der Waals surface area contributed by atoms with Gasteiger partial charge in [-0.1, -0.05) is 18.2 Å². The van der Waals surface area contributed by atoms with Crippen molar-refractivity contribution in [3.63, 3.8) is 0 Å². The van der Waals surface area contributed by atoms with Crippen molar-refractivity contribution in [3.05, 3.63) is 64.6 Å². The molecule has 98 valence electrons. The van der Waals surface area contributed by atoms with Gasteiger partial charge in [-0.3, -0.25) is 0 Å². The molecule has 2 heterocycles. The SMILES string of the molecule is [C-]#[N+]c1cc(C#N)c2c[n+]3n(c2c1)-c1c(C)cccc1C3. The van der Waals surface area contributed by atoms with Crippen LogP contribution in [0.1, 0.15) is 16.7 Å². The number of para-hydroxylation sites is 1. The zero-order valence-corrected chi connectivity index (χ0v) is 11.5. The van der Waals surface area contributed by atoms with Gasteiger partial charge >= 0.3 is 0 Å². The van der Waals surface area contributed by atoms with Gasteiger partial charge in [-0.15, -0.1) is 9.36 Å². The maximum atomic E-state index is 9.32. The third-order valence-corrected chi connectivity index (χ3v) is 4.02. The smallest absolute Gasteiger partial charge is 0.205 e. The summed E-state index contributed by atoms with van der Waals surface area (Å²) in [5.74, 6) is 0. The van der Waals surface area contributed by atoms with Gasteiger partial charge in [-0.05, 0) is 24.6 Å². The number of fused-ring (bicyclic) bond motifs is 5. The molecule has 0 unspecified atom stereocenters. The van der Waals surface area contributed by atoms with E-state index < -0.39 is 0 Å². The van der Waals surface area contributed by atoms with Gasteiger partial charge in [-0.25, -0.2) is 4.85 Å². The molecule has 4 heteroatoms. The van der Waals surface area contributed by atoms with E-state index in [1.165, 1.54) is 16.8 Å². The van der Waals surface area contributed by atoms with Crippen molar-refractivity contribution < 1.29 is 4.68 Å². The maximum Gasteiger partial charge on any atom is 0.205 e. The number of rotatable bonds is 0. The quantitative estimate of drug-likeness (QED) is 0.358. The molecule has 21 heavy (non-hydrogen) atoms. The molecular formula is C17H11N4+. The fourth-order valence-corrected chi connectivity index (χ4v) is 3.13. The van der Waals surface area contributed by atoms with Gasteiger partial charge in [0.2, 0.25) is 6.20 Å². The van der Waals surface area contributed by atoms with Crippen LogP contribution in [-0.4, -0.2) is 4.68 Å². The summed E-state index contributed by atoms with van der Waals surface area (Å²) in [5.41, 5.74) is 5.61. The zero-order chi connectivity index (χ0) is 14.6. The zero-order valence-electron chi connectivity index (χ0n) is 11.5. The highest BCUT2D eigenvalue weighted by Crippen LogP contribution is 2.31. The van der Waals surface area contributed by atoms with Crippen LogP contribution in [0.4, 0.5) is 5.69 Å². The van der Waals surface area contributed by atoms with E-state index in [4.69, 9.17) is 6.57 Å². The molecule has 1 aliphatic rings. The highest BCUT2D eigenvalue weighted by Gasteiger charge is 2.30. The van der Waals surface area contributed by atoms with E-state index in [0.717, 1.165) is 17.4 Å². The van der Waals surface area contributed by atoms with Gasteiger partial charge in [0.25, 0.3) is 0 Å². The van der Waals surface area contributed by atoms with Crippen molar-refractivity contribution in [2.45, 2.75) is 13.5 Å². The Morgan fingerprint density at radius 2 is 2.24 bits per heavy atom. The molecule has 0 saturated carbocycles. The Kier molecular flexibility index (Phi) is 2.20. The number of nitriles is 1.